The van der Waals surface area contributed by atoms with Gasteiger partial charge in [-0.2, -0.15) is 0 Å². The molecule has 6 nitrogen and oxygen atoms in total. The van der Waals surface area contributed by atoms with E-state index >= 15 is 0 Å². The molecule has 1 heterocycles. The van der Waals surface area contributed by atoms with Crippen molar-refractivity contribution in [1.82, 2.24) is 20.9 Å². The van der Waals surface area contributed by atoms with Gasteiger partial charge in [0.1, 0.15) is 0 Å². The molecular formula is C22H37N5O. The average molecular weight is 388 g/mol. The Kier molecular flexibility index (Phi) is 9.28. The van der Waals surface area contributed by atoms with Crippen LogP contribution >= 0.6 is 0 Å². The zero-order valence-corrected chi connectivity index (χ0v) is 17.9. The molecule has 0 saturated carbocycles. The normalized spacial score (nSPS) is 16.2. The minimum Gasteiger partial charge on any atom is -0.357 e. The first-order valence-electron chi connectivity index (χ1n) is 10.7. The van der Waals surface area contributed by atoms with E-state index in [4.69, 9.17) is 4.99 Å². The summed E-state index contributed by atoms with van der Waals surface area (Å²) in [4.78, 5) is 19.4. The quantitative estimate of drug-likeness (QED) is 0.474. The molecule has 28 heavy (non-hydrogen) atoms. The fraction of sp³-hybridized carbons (Fsp3) is 0.636. The van der Waals surface area contributed by atoms with E-state index in [2.05, 4.69) is 41.6 Å². The van der Waals surface area contributed by atoms with E-state index in [1.807, 2.05) is 31.2 Å². The summed E-state index contributed by atoms with van der Waals surface area (Å²) in [6.45, 7) is 13.0. The van der Waals surface area contributed by atoms with Gasteiger partial charge in [-0.05, 0) is 57.7 Å². The molecule has 6 heteroatoms. The summed E-state index contributed by atoms with van der Waals surface area (Å²) in [5.74, 6) is 0.834. The molecule has 1 aliphatic heterocycles. The van der Waals surface area contributed by atoms with Gasteiger partial charge in [-0.3, -0.25) is 4.79 Å². The molecule has 2 rings (SSSR count). The van der Waals surface area contributed by atoms with E-state index < -0.39 is 0 Å². The first-order valence-corrected chi connectivity index (χ1v) is 10.7. The van der Waals surface area contributed by atoms with E-state index in [9.17, 15) is 4.79 Å². The fourth-order valence-corrected chi connectivity index (χ4v) is 3.40. The maximum atomic E-state index is 12.2. The SMILES string of the molecule is CCCNC(=O)c1cccc(CN=C(NCC)NC2CCN(C(C)C)CC2)c1. The molecule has 1 aromatic rings. The van der Waals surface area contributed by atoms with Gasteiger partial charge in [0, 0.05) is 43.8 Å². The lowest BCUT2D eigenvalue weighted by Crippen LogP contribution is -2.49. The van der Waals surface area contributed by atoms with Gasteiger partial charge in [0.15, 0.2) is 5.96 Å². The van der Waals surface area contributed by atoms with Crippen LogP contribution < -0.4 is 16.0 Å². The van der Waals surface area contributed by atoms with Crippen LogP contribution in [0.5, 0.6) is 0 Å². The Morgan fingerprint density at radius 3 is 2.61 bits per heavy atom. The molecule has 0 unspecified atom stereocenters. The molecule has 1 aromatic carbocycles. The largest absolute Gasteiger partial charge is 0.357 e. The smallest absolute Gasteiger partial charge is 0.251 e. The average Bonchev–Trinajstić information content (AvgIpc) is 2.71. The molecule has 1 fully saturated rings. The van der Waals surface area contributed by atoms with E-state index in [0.29, 0.717) is 30.7 Å². The minimum absolute atomic E-state index is 0.0189. The van der Waals surface area contributed by atoms with Crippen LogP contribution in [-0.4, -0.2) is 55.0 Å². The molecule has 0 aliphatic carbocycles. The van der Waals surface area contributed by atoms with Crippen molar-refractivity contribution in [2.75, 3.05) is 26.2 Å². The van der Waals surface area contributed by atoms with Crippen LogP contribution in [0.2, 0.25) is 0 Å². The molecule has 1 aliphatic rings. The Morgan fingerprint density at radius 2 is 1.96 bits per heavy atom. The van der Waals surface area contributed by atoms with Gasteiger partial charge in [-0.15, -0.1) is 0 Å². The van der Waals surface area contributed by atoms with E-state index in [-0.39, 0.29) is 5.91 Å². The Balaban J connectivity index is 1.94. The first-order chi connectivity index (χ1) is 13.5. The molecule has 0 spiro atoms. The number of nitrogens with one attached hydrogen (secondary N) is 3. The van der Waals surface area contributed by atoms with E-state index in [0.717, 1.165) is 50.4 Å². The number of nitrogens with zero attached hydrogens (tertiary/aromatic N) is 2. The van der Waals surface area contributed by atoms with E-state index in [1.165, 1.54) is 0 Å². The number of guanidine groups is 1. The van der Waals surface area contributed by atoms with Crippen LogP contribution in [0.3, 0.4) is 0 Å². The van der Waals surface area contributed by atoms with Gasteiger partial charge in [0.25, 0.3) is 5.91 Å². The van der Waals surface area contributed by atoms with Gasteiger partial charge >= 0.3 is 0 Å². The van der Waals surface area contributed by atoms with Gasteiger partial charge in [-0.1, -0.05) is 19.1 Å². The summed E-state index contributed by atoms with van der Waals surface area (Å²) in [6.07, 6.45) is 3.20. The Morgan fingerprint density at radius 1 is 1.21 bits per heavy atom. The van der Waals surface area contributed by atoms with Crippen molar-refractivity contribution in [3.05, 3.63) is 35.4 Å². The van der Waals surface area contributed by atoms with Gasteiger partial charge in [0.05, 0.1) is 6.54 Å². The molecule has 1 amide bonds. The summed E-state index contributed by atoms with van der Waals surface area (Å²) >= 11 is 0. The van der Waals surface area contributed by atoms with Crippen molar-refractivity contribution in [1.29, 1.82) is 0 Å². The number of benzene rings is 1. The number of hydrogen-bond donors (Lipinski definition) is 3. The van der Waals surface area contributed by atoms with Crippen molar-refractivity contribution in [3.63, 3.8) is 0 Å². The molecule has 0 bridgehead atoms. The second kappa shape index (κ2) is 11.7. The summed E-state index contributed by atoms with van der Waals surface area (Å²) < 4.78 is 0. The van der Waals surface area contributed by atoms with Crippen LogP contribution in [0.4, 0.5) is 0 Å². The van der Waals surface area contributed by atoms with Crippen LogP contribution in [0.25, 0.3) is 0 Å². The Labute approximate surface area is 170 Å². The predicted octanol–water partition coefficient (Wildman–Crippen LogP) is 2.75. The van der Waals surface area contributed by atoms with Crippen molar-refractivity contribution < 1.29 is 4.79 Å². The lowest BCUT2D eigenvalue weighted by atomic mass is 10.0. The summed E-state index contributed by atoms with van der Waals surface area (Å²) in [5, 5.41) is 9.85. The number of carbonyl (C=O) groups excluding carboxylic acids is 1. The predicted molar refractivity (Wildman–Crippen MR) is 117 cm³/mol. The Bertz CT molecular complexity index is 636. The van der Waals surface area contributed by atoms with Crippen LogP contribution in [0, 0.1) is 0 Å². The maximum absolute atomic E-state index is 12.2. The molecule has 0 atom stereocenters. The van der Waals surface area contributed by atoms with Crippen LogP contribution in [0.1, 0.15) is 62.9 Å². The van der Waals surface area contributed by atoms with Crippen molar-refractivity contribution >= 4 is 11.9 Å². The third-order valence-corrected chi connectivity index (χ3v) is 5.09. The van der Waals surface area contributed by atoms with Crippen molar-refractivity contribution in [2.24, 2.45) is 4.99 Å². The highest BCUT2D eigenvalue weighted by Gasteiger charge is 2.21. The first kappa shape index (κ1) is 22.2. The number of carbonyl (C=O) groups is 1. The van der Waals surface area contributed by atoms with Crippen molar-refractivity contribution in [3.8, 4) is 0 Å². The highest BCUT2D eigenvalue weighted by molar-refractivity contribution is 5.94. The topological polar surface area (TPSA) is 68.8 Å². The molecule has 3 N–H and O–H groups in total. The third-order valence-electron chi connectivity index (χ3n) is 5.09. The lowest BCUT2D eigenvalue weighted by Gasteiger charge is -2.35. The van der Waals surface area contributed by atoms with Gasteiger partial charge < -0.3 is 20.9 Å². The monoisotopic (exact) mass is 387 g/mol. The third kappa shape index (κ3) is 7.15. The summed E-state index contributed by atoms with van der Waals surface area (Å²) in [6, 6.07) is 8.80. The minimum atomic E-state index is -0.0189. The number of piperidine rings is 1. The number of rotatable bonds is 8. The summed E-state index contributed by atoms with van der Waals surface area (Å²) in [5.41, 5.74) is 1.73. The van der Waals surface area contributed by atoms with Gasteiger partial charge in [-0.25, -0.2) is 4.99 Å². The number of likely N-dealkylation sites (tertiary alicyclic amines) is 1. The standard InChI is InChI=1S/C22H37N5O/c1-5-12-24-21(28)19-9-7-8-18(15-19)16-25-22(23-6-2)26-20-10-13-27(14-11-20)17(3)4/h7-9,15,17,20H,5-6,10-14,16H2,1-4H3,(H,24,28)(H2,23,25,26). The molecule has 1 saturated heterocycles. The molecule has 156 valence electrons. The number of hydrogen-bond acceptors (Lipinski definition) is 3. The number of amides is 1. The highest BCUT2D eigenvalue weighted by atomic mass is 16.1. The van der Waals surface area contributed by atoms with Crippen LogP contribution in [-0.2, 0) is 6.54 Å². The van der Waals surface area contributed by atoms with E-state index in [1.54, 1.807) is 0 Å². The lowest BCUT2D eigenvalue weighted by molar-refractivity contribution is 0.0953. The second-order valence-electron chi connectivity index (χ2n) is 7.70. The Hall–Kier alpha value is -2.08. The second-order valence-corrected chi connectivity index (χ2v) is 7.70. The molecular weight excluding hydrogens is 350 g/mol. The van der Waals surface area contributed by atoms with Gasteiger partial charge in [0.2, 0.25) is 0 Å². The molecule has 0 radical (unpaired) electrons. The maximum Gasteiger partial charge on any atom is 0.251 e. The zero-order valence-electron chi connectivity index (χ0n) is 17.9. The highest BCUT2D eigenvalue weighted by Crippen LogP contribution is 2.13. The number of aliphatic imine (C=N–C) groups is 1. The zero-order chi connectivity index (χ0) is 20.4. The fourth-order valence-electron chi connectivity index (χ4n) is 3.40. The molecule has 0 aromatic heterocycles. The summed E-state index contributed by atoms with van der Waals surface area (Å²) in [7, 11) is 0. The van der Waals surface area contributed by atoms with Crippen molar-refractivity contribution in [2.45, 2.75) is 65.6 Å². The van der Waals surface area contributed by atoms with Crippen LogP contribution in [0.15, 0.2) is 29.3 Å².